The van der Waals surface area contributed by atoms with E-state index in [2.05, 4.69) is 13.2 Å². The first-order chi connectivity index (χ1) is 8.73. The molecule has 5 nitrogen and oxygen atoms in total. The number of hydrogen-bond acceptors (Lipinski definition) is 5. The molecule has 0 fully saturated rings. The van der Waals surface area contributed by atoms with Crippen molar-refractivity contribution in [2.75, 3.05) is 13.2 Å². The third-order valence-corrected chi connectivity index (χ3v) is 2.07. The summed E-state index contributed by atoms with van der Waals surface area (Å²) >= 11 is 0. The fourth-order valence-corrected chi connectivity index (χ4v) is 0.981. The molecule has 19 heavy (non-hydrogen) atoms. The molecule has 0 N–H and O–H groups in total. The van der Waals surface area contributed by atoms with Crippen LogP contribution in [0.3, 0.4) is 0 Å². The van der Waals surface area contributed by atoms with Crippen molar-refractivity contribution in [3.63, 3.8) is 0 Å². The van der Waals surface area contributed by atoms with Crippen molar-refractivity contribution in [3.05, 3.63) is 24.3 Å². The van der Waals surface area contributed by atoms with Gasteiger partial charge in [0.15, 0.2) is 0 Å². The van der Waals surface area contributed by atoms with Crippen molar-refractivity contribution in [2.45, 2.75) is 39.9 Å². The maximum absolute atomic E-state index is 11.2. The van der Waals surface area contributed by atoms with Crippen molar-refractivity contribution in [1.82, 2.24) is 0 Å². The van der Waals surface area contributed by atoms with Gasteiger partial charge in [-0.05, 0) is 27.7 Å². The average Bonchev–Trinajstić information content (AvgIpc) is 2.32. The lowest BCUT2D eigenvalue weighted by molar-refractivity contribution is -0.149. The first kappa shape index (κ1) is 17.4. The Hall–Kier alpha value is -1.62. The van der Waals surface area contributed by atoms with Crippen LogP contribution in [0.25, 0.3) is 0 Å². The molecule has 0 amide bonds. The molecule has 0 aliphatic carbocycles. The molecule has 2 atom stereocenters. The average molecular weight is 270 g/mol. The van der Waals surface area contributed by atoms with Gasteiger partial charge in [0.05, 0.1) is 12.7 Å². The Morgan fingerprint density at radius 3 is 1.95 bits per heavy atom. The van der Waals surface area contributed by atoms with E-state index in [0.29, 0.717) is 11.1 Å². The molecule has 0 aliphatic heterocycles. The second-order valence-corrected chi connectivity index (χ2v) is 4.52. The fraction of sp³-hybridized carbons (Fsp3) is 0.571. The predicted octanol–water partition coefficient (Wildman–Crippen LogP) is 2.02. The molecule has 0 saturated carbocycles. The molecule has 0 aromatic heterocycles. The minimum Gasteiger partial charge on any atom is -0.460 e. The molecule has 0 rings (SSSR count). The largest absolute Gasteiger partial charge is 0.460 e. The number of ether oxygens (including phenoxy) is 3. The van der Waals surface area contributed by atoms with Gasteiger partial charge in [0.25, 0.3) is 0 Å². The van der Waals surface area contributed by atoms with E-state index in [9.17, 15) is 9.59 Å². The van der Waals surface area contributed by atoms with Crippen LogP contribution in [0.1, 0.15) is 27.7 Å². The summed E-state index contributed by atoms with van der Waals surface area (Å²) in [7, 11) is 0. The lowest BCUT2D eigenvalue weighted by Crippen LogP contribution is -2.26. The van der Waals surface area contributed by atoms with E-state index in [-0.39, 0.29) is 25.4 Å². The molecular formula is C14H22O5. The van der Waals surface area contributed by atoms with Gasteiger partial charge in [-0.15, -0.1) is 0 Å². The first-order valence-corrected chi connectivity index (χ1v) is 6.04. The molecule has 0 saturated heterocycles. The smallest absolute Gasteiger partial charge is 0.333 e. The normalized spacial score (nSPS) is 13.3. The molecule has 0 bridgehead atoms. The van der Waals surface area contributed by atoms with Crippen LogP contribution in [0.2, 0.25) is 0 Å². The van der Waals surface area contributed by atoms with Gasteiger partial charge >= 0.3 is 11.9 Å². The summed E-state index contributed by atoms with van der Waals surface area (Å²) < 4.78 is 15.4. The number of esters is 2. The molecule has 0 spiro atoms. The van der Waals surface area contributed by atoms with Crippen LogP contribution in [0, 0.1) is 0 Å². The zero-order valence-electron chi connectivity index (χ0n) is 12.0. The van der Waals surface area contributed by atoms with Gasteiger partial charge in [-0.25, -0.2) is 9.59 Å². The van der Waals surface area contributed by atoms with Crippen molar-refractivity contribution in [1.29, 1.82) is 0 Å². The van der Waals surface area contributed by atoms with Crippen LogP contribution >= 0.6 is 0 Å². The molecule has 0 heterocycles. The third kappa shape index (κ3) is 8.15. The van der Waals surface area contributed by atoms with Gasteiger partial charge < -0.3 is 14.2 Å². The van der Waals surface area contributed by atoms with Crippen molar-refractivity contribution >= 4 is 11.9 Å². The summed E-state index contributed by atoms with van der Waals surface area (Å²) in [5, 5.41) is 0. The second-order valence-electron chi connectivity index (χ2n) is 4.52. The monoisotopic (exact) mass is 270 g/mol. The van der Waals surface area contributed by atoms with E-state index in [0.717, 1.165) is 0 Å². The van der Waals surface area contributed by atoms with Crippen LogP contribution in [-0.4, -0.2) is 37.4 Å². The molecule has 5 heteroatoms. The van der Waals surface area contributed by atoms with Crippen molar-refractivity contribution in [3.8, 4) is 0 Å². The summed E-state index contributed by atoms with van der Waals surface area (Å²) in [5.74, 6) is -0.894. The zero-order chi connectivity index (χ0) is 15.0. The maximum atomic E-state index is 11.2. The van der Waals surface area contributed by atoms with Crippen molar-refractivity contribution in [2.24, 2.45) is 0 Å². The van der Waals surface area contributed by atoms with E-state index in [1.54, 1.807) is 27.7 Å². The summed E-state index contributed by atoms with van der Waals surface area (Å²) in [4.78, 5) is 22.4. The Balaban J connectivity index is 3.87. The van der Waals surface area contributed by atoms with E-state index in [1.165, 1.54) is 0 Å². The van der Waals surface area contributed by atoms with Gasteiger partial charge in [0, 0.05) is 11.1 Å². The van der Waals surface area contributed by atoms with Gasteiger partial charge in [0.1, 0.15) is 12.7 Å². The quantitative estimate of drug-likeness (QED) is 0.499. The number of hydrogen-bond donors (Lipinski definition) is 0. The second kappa shape index (κ2) is 8.48. The predicted molar refractivity (Wildman–Crippen MR) is 71.6 cm³/mol. The molecule has 0 unspecified atom stereocenters. The minimum absolute atomic E-state index is 0.132. The zero-order valence-corrected chi connectivity index (χ0v) is 12.0. The third-order valence-electron chi connectivity index (χ3n) is 2.07. The molecule has 0 aromatic rings. The standard InChI is InChI=1S/C14H22O5/c1-9(2)13(15)18-7-11(5)17-8-12(6)19-14(16)10(3)4/h11-12H,1,3,7-8H2,2,4-6H3/t11-,12+/m1/s1. The van der Waals surface area contributed by atoms with Gasteiger partial charge in [0.2, 0.25) is 0 Å². The topological polar surface area (TPSA) is 61.8 Å². The molecule has 0 aliphatic rings. The Bertz CT molecular complexity index is 359. The Kier molecular flexibility index (Phi) is 7.75. The molecule has 0 aromatic carbocycles. The molecular weight excluding hydrogens is 248 g/mol. The Morgan fingerprint density at radius 1 is 0.947 bits per heavy atom. The number of rotatable bonds is 8. The van der Waals surface area contributed by atoms with Gasteiger partial charge in [-0.2, -0.15) is 0 Å². The lowest BCUT2D eigenvalue weighted by atomic mass is 10.3. The Morgan fingerprint density at radius 2 is 1.47 bits per heavy atom. The highest BCUT2D eigenvalue weighted by atomic mass is 16.6. The van der Waals surface area contributed by atoms with Crippen LogP contribution in [0.5, 0.6) is 0 Å². The van der Waals surface area contributed by atoms with Gasteiger partial charge in [-0.1, -0.05) is 13.2 Å². The maximum Gasteiger partial charge on any atom is 0.333 e. The fourth-order valence-electron chi connectivity index (χ4n) is 0.981. The van der Waals surface area contributed by atoms with Gasteiger partial charge in [-0.3, -0.25) is 0 Å². The minimum atomic E-state index is -0.447. The highest BCUT2D eigenvalue weighted by Gasteiger charge is 2.13. The SMILES string of the molecule is C=C(C)C(=O)OC[C@@H](C)OC[C@H](C)OC(=O)C(=C)C. The van der Waals surface area contributed by atoms with Crippen LogP contribution < -0.4 is 0 Å². The lowest BCUT2D eigenvalue weighted by Gasteiger charge is -2.17. The molecule has 108 valence electrons. The Labute approximate surface area is 114 Å². The molecule has 0 radical (unpaired) electrons. The number of carbonyl (C=O) groups excluding carboxylic acids is 2. The highest BCUT2D eigenvalue weighted by Crippen LogP contribution is 2.02. The van der Waals surface area contributed by atoms with E-state index in [1.807, 2.05) is 0 Å². The summed E-state index contributed by atoms with van der Waals surface area (Å²) in [5.41, 5.74) is 0.686. The summed E-state index contributed by atoms with van der Waals surface area (Å²) in [6.07, 6.45) is -0.669. The van der Waals surface area contributed by atoms with Crippen LogP contribution in [0.4, 0.5) is 0 Å². The first-order valence-electron chi connectivity index (χ1n) is 6.04. The summed E-state index contributed by atoms with van der Waals surface area (Å²) in [6.45, 7) is 14.0. The van der Waals surface area contributed by atoms with E-state index in [4.69, 9.17) is 14.2 Å². The van der Waals surface area contributed by atoms with Crippen LogP contribution in [0.15, 0.2) is 24.3 Å². The van der Waals surface area contributed by atoms with Crippen LogP contribution in [-0.2, 0) is 23.8 Å². The number of carbonyl (C=O) groups is 2. The highest BCUT2D eigenvalue weighted by molar-refractivity contribution is 5.87. The van der Waals surface area contributed by atoms with Crippen molar-refractivity contribution < 1.29 is 23.8 Å². The summed E-state index contributed by atoms with van der Waals surface area (Å²) in [6, 6.07) is 0. The van der Waals surface area contributed by atoms with E-state index >= 15 is 0 Å². The van der Waals surface area contributed by atoms with E-state index < -0.39 is 11.9 Å².